The van der Waals surface area contributed by atoms with Crippen molar-refractivity contribution < 1.29 is 9.47 Å². The lowest BCUT2D eigenvalue weighted by Gasteiger charge is -2.54. The summed E-state index contributed by atoms with van der Waals surface area (Å²) in [5, 5.41) is 0. The normalized spacial score (nSPS) is 28.7. The Hall–Kier alpha value is -0.160. The molecular weight excluding hydrogens is 228 g/mol. The zero-order chi connectivity index (χ0) is 14.2. The van der Waals surface area contributed by atoms with Crippen molar-refractivity contribution in [3.05, 3.63) is 0 Å². The molecule has 1 aliphatic rings. The van der Waals surface area contributed by atoms with E-state index in [1.807, 2.05) is 0 Å². The average molecular weight is 258 g/mol. The highest BCUT2D eigenvalue weighted by Gasteiger charge is 2.46. The number of methoxy groups -OCH3 is 1. The van der Waals surface area contributed by atoms with E-state index in [2.05, 4.69) is 46.4 Å². The van der Waals surface area contributed by atoms with E-state index in [0.717, 1.165) is 13.1 Å². The monoisotopic (exact) mass is 258 g/mol. The predicted octanol–water partition coefficient (Wildman–Crippen LogP) is 1.63. The summed E-state index contributed by atoms with van der Waals surface area (Å²) >= 11 is 0. The van der Waals surface area contributed by atoms with E-state index in [4.69, 9.17) is 15.2 Å². The fraction of sp³-hybridized carbons (Fsp3) is 1.00. The second-order valence-corrected chi connectivity index (χ2v) is 6.92. The van der Waals surface area contributed by atoms with Crippen LogP contribution in [-0.4, -0.2) is 54.5 Å². The summed E-state index contributed by atoms with van der Waals surface area (Å²) in [6, 6.07) is 0. The molecule has 1 saturated heterocycles. The summed E-state index contributed by atoms with van der Waals surface area (Å²) in [6.07, 6.45) is 0.0900. The van der Waals surface area contributed by atoms with Gasteiger partial charge in [-0.15, -0.1) is 0 Å². The number of hydrogen-bond donors (Lipinski definition) is 1. The number of nitrogens with zero attached hydrogens (tertiary/aromatic N) is 1. The molecule has 0 saturated carbocycles. The highest BCUT2D eigenvalue weighted by Crippen LogP contribution is 2.33. The minimum absolute atomic E-state index is 0.0900. The van der Waals surface area contributed by atoms with Crippen LogP contribution in [0.2, 0.25) is 0 Å². The molecule has 0 aliphatic carbocycles. The lowest BCUT2D eigenvalue weighted by molar-refractivity contribution is -0.207. The minimum atomic E-state index is -0.161. The second kappa shape index (κ2) is 5.08. The molecule has 2 N–H and O–H groups in total. The maximum Gasteiger partial charge on any atom is 0.0761 e. The molecule has 2 unspecified atom stereocenters. The number of ether oxygens (including phenoxy) is 2. The highest BCUT2D eigenvalue weighted by atomic mass is 16.5. The number of nitrogens with two attached hydrogens (primary N) is 1. The van der Waals surface area contributed by atoms with Gasteiger partial charge in [-0.2, -0.15) is 0 Å². The molecule has 4 heteroatoms. The van der Waals surface area contributed by atoms with Gasteiger partial charge in [-0.25, -0.2) is 0 Å². The second-order valence-electron chi connectivity index (χ2n) is 6.92. The maximum absolute atomic E-state index is 6.12. The molecule has 0 spiro atoms. The van der Waals surface area contributed by atoms with Crippen LogP contribution in [0.3, 0.4) is 0 Å². The third kappa shape index (κ3) is 3.23. The van der Waals surface area contributed by atoms with E-state index in [0.29, 0.717) is 6.54 Å². The Balaban J connectivity index is 2.99. The van der Waals surface area contributed by atoms with Gasteiger partial charge in [-0.05, 0) is 41.5 Å². The molecule has 1 aliphatic heterocycles. The summed E-state index contributed by atoms with van der Waals surface area (Å²) in [5.41, 5.74) is 5.55. The third-order valence-corrected chi connectivity index (χ3v) is 4.06. The van der Waals surface area contributed by atoms with Gasteiger partial charge in [0.2, 0.25) is 0 Å². The summed E-state index contributed by atoms with van der Waals surface area (Å²) < 4.78 is 11.7. The van der Waals surface area contributed by atoms with Crippen LogP contribution >= 0.6 is 0 Å². The third-order valence-electron chi connectivity index (χ3n) is 4.06. The summed E-state index contributed by atoms with van der Waals surface area (Å²) in [7, 11) is 1.75. The van der Waals surface area contributed by atoms with Crippen LogP contribution in [0.5, 0.6) is 0 Å². The van der Waals surface area contributed by atoms with Crippen molar-refractivity contribution in [2.45, 2.75) is 64.4 Å². The molecule has 0 amide bonds. The Morgan fingerprint density at radius 1 is 1.28 bits per heavy atom. The molecule has 1 rings (SSSR count). The molecule has 0 bridgehead atoms. The van der Waals surface area contributed by atoms with Gasteiger partial charge in [0.1, 0.15) is 0 Å². The van der Waals surface area contributed by atoms with Crippen LogP contribution < -0.4 is 5.73 Å². The van der Waals surface area contributed by atoms with Gasteiger partial charge in [0.05, 0.1) is 22.8 Å². The van der Waals surface area contributed by atoms with E-state index < -0.39 is 0 Å². The lowest BCUT2D eigenvalue weighted by atomic mass is 9.88. The van der Waals surface area contributed by atoms with Gasteiger partial charge < -0.3 is 15.2 Å². The zero-order valence-electron chi connectivity index (χ0n) is 13.0. The van der Waals surface area contributed by atoms with Crippen LogP contribution in [0.4, 0.5) is 0 Å². The van der Waals surface area contributed by atoms with Crippen LogP contribution in [0.25, 0.3) is 0 Å². The Morgan fingerprint density at radius 3 is 2.06 bits per heavy atom. The Bertz CT molecular complexity index is 276. The Labute approximate surface area is 112 Å². The Morgan fingerprint density at radius 2 is 1.72 bits per heavy atom. The first-order chi connectivity index (χ1) is 8.06. The molecular formula is C14H30N2O2. The van der Waals surface area contributed by atoms with E-state index in [1.54, 1.807) is 7.11 Å². The molecule has 18 heavy (non-hydrogen) atoms. The SMILES string of the molecule is COC(C)C(C)(CN)N1CC(C)(C)OC(C)(C)C1. The number of rotatable bonds is 4. The fourth-order valence-electron chi connectivity index (χ4n) is 2.95. The topological polar surface area (TPSA) is 47.7 Å². The summed E-state index contributed by atoms with van der Waals surface area (Å²) in [6.45, 7) is 15.1. The first kappa shape index (κ1) is 15.9. The predicted molar refractivity (Wildman–Crippen MR) is 74.7 cm³/mol. The van der Waals surface area contributed by atoms with Gasteiger partial charge in [0.15, 0.2) is 0 Å². The van der Waals surface area contributed by atoms with Crippen molar-refractivity contribution >= 4 is 0 Å². The minimum Gasteiger partial charge on any atom is -0.380 e. The van der Waals surface area contributed by atoms with E-state index in [-0.39, 0.29) is 22.8 Å². The quantitative estimate of drug-likeness (QED) is 0.832. The molecule has 0 radical (unpaired) electrons. The molecule has 108 valence electrons. The molecule has 2 atom stereocenters. The molecule has 0 aromatic heterocycles. The summed E-state index contributed by atoms with van der Waals surface area (Å²) in [4.78, 5) is 2.42. The van der Waals surface area contributed by atoms with Crippen molar-refractivity contribution in [1.82, 2.24) is 4.90 Å². The zero-order valence-corrected chi connectivity index (χ0v) is 13.0. The van der Waals surface area contributed by atoms with E-state index >= 15 is 0 Å². The van der Waals surface area contributed by atoms with Crippen molar-refractivity contribution in [1.29, 1.82) is 0 Å². The van der Waals surface area contributed by atoms with Crippen molar-refractivity contribution in [2.24, 2.45) is 5.73 Å². The first-order valence-corrected chi connectivity index (χ1v) is 6.74. The highest BCUT2D eigenvalue weighted by molar-refractivity contribution is 5.00. The standard InChI is InChI=1S/C14H30N2O2/c1-11(17-7)14(6,8-15)16-9-12(2,3)18-13(4,5)10-16/h11H,8-10,15H2,1-7H3. The van der Waals surface area contributed by atoms with Gasteiger partial charge in [-0.1, -0.05) is 0 Å². The van der Waals surface area contributed by atoms with Crippen molar-refractivity contribution in [2.75, 3.05) is 26.7 Å². The largest absolute Gasteiger partial charge is 0.380 e. The van der Waals surface area contributed by atoms with Gasteiger partial charge in [0, 0.05) is 26.7 Å². The van der Waals surface area contributed by atoms with Gasteiger partial charge >= 0.3 is 0 Å². The number of morpholine rings is 1. The fourth-order valence-corrected chi connectivity index (χ4v) is 2.95. The Kier molecular flexibility index (Phi) is 4.49. The maximum atomic E-state index is 6.12. The molecule has 0 aromatic carbocycles. The van der Waals surface area contributed by atoms with Crippen LogP contribution in [-0.2, 0) is 9.47 Å². The van der Waals surface area contributed by atoms with E-state index in [1.165, 1.54) is 0 Å². The van der Waals surface area contributed by atoms with E-state index in [9.17, 15) is 0 Å². The average Bonchev–Trinajstić information content (AvgIpc) is 2.22. The summed E-state index contributed by atoms with van der Waals surface area (Å²) in [5.74, 6) is 0. The van der Waals surface area contributed by atoms with Gasteiger partial charge in [-0.3, -0.25) is 4.90 Å². The van der Waals surface area contributed by atoms with Crippen molar-refractivity contribution in [3.63, 3.8) is 0 Å². The van der Waals surface area contributed by atoms with Crippen LogP contribution in [0.1, 0.15) is 41.5 Å². The molecule has 4 nitrogen and oxygen atoms in total. The van der Waals surface area contributed by atoms with Crippen LogP contribution in [0.15, 0.2) is 0 Å². The lowest BCUT2D eigenvalue weighted by Crippen LogP contribution is -2.68. The molecule has 1 fully saturated rings. The first-order valence-electron chi connectivity index (χ1n) is 6.74. The van der Waals surface area contributed by atoms with Crippen molar-refractivity contribution in [3.8, 4) is 0 Å². The number of hydrogen-bond acceptors (Lipinski definition) is 4. The van der Waals surface area contributed by atoms with Crippen LogP contribution in [0, 0.1) is 0 Å². The smallest absolute Gasteiger partial charge is 0.0761 e. The molecule has 1 heterocycles. The molecule has 0 aromatic rings. The van der Waals surface area contributed by atoms with Gasteiger partial charge in [0.25, 0.3) is 0 Å².